The number of nitrogens with one attached hydrogen (secondary N) is 1. The van der Waals surface area contributed by atoms with Gasteiger partial charge in [-0.2, -0.15) is 5.26 Å². The number of esters is 1. The predicted molar refractivity (Wildman–Crippen MR) is 41.9 cm³/mol. The summed E-state index contributed by atoms with van der Waals surface area (Å²) < 4.78 is 4.77. The van der Waals surface area contributed by atoms with Crippen LogP contribution in [0.25, 0.3) is 0 Å². The zero-order chi connectivity index (χ0) is 8.97. The molecule has 1 unspecified atom stereocenters. The van der Waals surface area contributed by atoms with E-state index >= 15 is 0 Å². The van der Waals surface area contributed by atoms with Gasteiger partial charge in [0.25, 0.3) is 0 Å². The highest BCUT2D eigenvalue weighted by molar-refractivity contribution is 5.77. The lowest BCUT2D eigenvalue weighted by atomic mass is 10.1. The minimum Gasteiger partial charge on any atom is -0.464 e. The highest BCUT2D eigenvalue weighted by Gasteiger charge is 2.24. The fraction of sp³-hybridized carbons (Fsp3) is 0.500. The van der Waals surface area contributed by atoms with E-state index in [1.165, 1.54) is 0 Å². The fourth-order valence-electron chi connectivity index (χ4n) is 1.01. The van der Waals surface area contributed by atoms with Crippen LogP contribution in [-0.2, 0) is 9.53 Å². The molecule has 0 saturated carbocycles. The van der Waals surface area contributed by atoms with Gasteiger partial charge in [-0.05, 0) is 6.92 Å². The Morgan fingerprint density at radius 2 is 2.75 bits per heavy atom. The number of hydrogen-bond acceptors (Lipinski definition) is 4. The summed E-state index contributed by atoms with van der Waals surface area (Å²) in [6.45, 7) is 2.13. The van der Waals surface area contributed by atoms with Crippen LogP contribution < -0.4 is 5.32 Å². The average molecular weight is 166 g/mol. The second-order valence-electron chi connectivity index (χ2n) is 2.46. The summed E-state index contributed by atoms with van der Waals surface area (Å²) in [5, 5.41) is 11.3. The third-order valence-corrected chi connectivity index (χ3v) is 1.60. The van der Waals surface area contributed by atoms with E-state index in [1.807, 2.05) is 6.07 Å². The Kier molecular flexibility index (Phi) is 2.70. The van der Waals surface area contributed by atoms with Crippen LogP contribution in [-0.4, -0.2) is 18.6 Å². The van der Waals surface area contributed by atoms with Crippen LogP contribution in [0.4, 0.5) is 0 Å². The molecule has 1 aliphatic rings. The summed E-state index contributed by atoms with van der Waals surface area (Å²) in [5.41, 5.74) is 0.591. The number of carbonyl (C=O) groups excluding carboxylic acids is 1. The van der Waals surface area contributed by atoms with E-state index in [0.29, 0.717) is 18.6 Å². The van der Waals surface area contributed by atoms with Gasteiger partial charge in [-0.1, -0.05) is 0 Å². The topological polar surface area (TPSA) is 62.1 Å². The highest BCUT2D eigenvalue weighted by Crippen LogP contribution is 2.11. The van der Waals surface area contributed by atoms with Gasteiger partial charge in [-0.25, -0.2) is 4.79 Å². The largest absolute Gasteiger partial charge is 0.464 e. The third-order valence-electron chi connectivity index (χ3n) is 1.60. The molecule has 12 heavy (non-hydrogen) atoms. The normalized spacial score (nSPS) is 20.7. The fourth-order valence-corrected chi connectivity index (χ4v) is 1.01. The Labute approximate surface area is 70.8 Å². The van der Waals surface area contributed by atoms with Crippen LogP contribution in [0.2, 0.25) is 0 Å². The Bertz CT molecular complexity index is 252. The highest BCUT2D eigenvalue weighted by atomic mass is 16.5. The molecular formula is C8H10N2O2. The Hall–Kier alpha value is -1.50. The second-order valence-corrected chi connectivity index (χ2v) is 2.46. The second kappa shape index (κ2) is 3.77. The van der Waals surface area contributed by atoms with E-state index in [1.54, 1.807) is 13.1 Å². The summed E-state index contributed by atoms with van der Waals surface area (Å²) in [7, 11) is 0. The maximum absolute atomic E-state index is 11.1. The van der Waals surface area contributed by atoms with Gasteiger partial charge in [0, 0.05) is 18.2 Å². The van der Waals surface area contributed by atoms with E-state index in [2.05, 4.69) is 5.32 Å². The molecular weight excluding hydrogens is 156 g/mol. The monoisotopic (exact) mass is 166 g/mol. The van der Waals surface area contributed by atoms with E-state index in [9.17, 15) is 4.79 Å². The SMILES string of the molecule is CCOC(=O)C1CC(C#N)=CN1. The Balaban J connectivity index is 2.41. The number of hydrogen-bond donors (Lipinski definition) is 1. The molecule has 0 aromatic carbocycles. The van der Waals surface area contributed by atoms with Crippen LogP contribution >= 0.6 is 0 Å². The van der Waals surface area contributed by atoms with Crippen molar-refractivity contribution in [1.82, 2.24) is 5.32 Å². The van der Waals surface area contributed by atoms with Crippen molar-refractivity contribution in [3.8, 4) is 6.07 Å². The van der Waals surface area contributed by atoms with Crippen molar-refractivity contribution in [2.24, 2.45) is 0 Å². The van der Waals surface area contributed by atoms with Crippen molar-refractivity contribution in [3.63, 3.8) is 0 Å². The molecule has 0 spiro atoms. The average Bonchev–Trinajstić information content (AvgIpc) is 2.52. The maximum Gasteiger partial charge on any atom is 0.328 e. The van der Waals surface area contributed by atoms with Crippen LogP contribution in [0.15, 0.2) is 11.8 Å². The number of nitrogens with zero attached hydrogens (tertiary/aromatic N) is 1. The quantitative estimate of drug-likeness (QED) is 0.600. The van der Waals surface area contributed by atoms with E-state index in [-0.39, 0.29) is 12.0 Å². The minimum atomic E-state index is -0.361. The molecule has 1 heterocycles. The zero-order valence-electron chi connectivity index (χ0n) is 6.83. The molecule has 1 N–H and O–H groups in total. The standard InChI is InChI=1S/C8H10N2O2/c1-2-12-8(11)7-3-6(4-9)5-10-7/h5,7,10H,2-3H2,1H3. The first-order chi connectivity index (χ1) is 5.77. The number of ether oxygens (including phenoxy) is 1. The van der Waals surface area contributed by atoms with Crippen LogP contribution in [0, 0.1) is 11.3 Å². The molecule has 0 radical (unpaired) electrons. The Morgan fingerprint density at radius 3 is 3.25 bits per heavy atom. The molecule has 0 bridgehead atoms. The van der Waals surface area contributed by atoms with Crippen LogP contribution in [0.3, 0.4) is 0 Å². The summed E-state index contributed by atoms with van der Waals surface area (Å²) in [5.74, 6) is -0.293. The number of rotatable bonds is 2. The molecule has 4 heteroatoms. The smallest absolute Gasteiger partial charge is 0.328 e. The van der Waals surface area contributed by atoms with Crippen molar-refractivity contribution < 1.29 is 9.53 Å². The molecule has 0 aromatic rings. The molecule has 0 aromatic heterocycles. The van der Waals surface area contributed by atoms with Gasteiger partial charge < -0.3 is 10.1 Å². The van der Waals surface area contributed by atoms with E-state index < -0.39 is 0 Å². The maximum atomic E-state index is 11.1. The first-order valence-corrected chi connectivity index (χ1v) is 3.79. The van der Waals surface area contributed by atoms with Crippen molar-refractivity contribution in [1.29, 1.82) is 5.26 Å². The van der Waals surface area contributed by atoms with Crippen molar-refractivity contribution in [2.45, 2.75) is 19.4 Å². The molecule has 1 aliphatic heterocycles. The first-order valence-electron chi connectivity index (χ1n) is 3.79. The minimum absolute atomic E-state index is 0.293. The van der Waals surface area contributed by atoms with Crippen molar-refractivity contribution >= 4 is 5.97 Å². The first kappa shape index (κ1) is 8.60. The molecule has 0 aliphatic carbocycles. The predicted octanol–water partition coefficient (Wildman–Crippen LogP) is 0.319. The van der Waals surface area contributed by atoms with Gasteiger partial charge in [-0.15, -0.1) is 0 Å². The lowest BCUT2D eigenvalue weighted by Gasteiger charge is -2.08. The molecule has 0 amide bonds. The van der Waals surface area contributed by atoms with Gasteiger partial charge in [0.2, 0.25) is 0 Å². The molecule has 1 atom stereocenters. The summed E-state index contributed by atoms with van der Waals surface area (Å²) in [4.78, 5) is 11.1. The van der Waals surface area contributed by atoms with Gasteiger partial charge in [-0.3, -0.25) is 0 Å². The van der Waals surface area contributed by atoms with Gasteiger partial charge in [0.15, 0.2) is 0 Å². The van der Waals surface area contributed by atoms with Crippen LogP contribution in [0.5, 0.6) is 0 Å². The zero-order valence-corrected chi connectivity index (χ0v) is 6.83. The molecule has 4 nitrogen and oxygen atoms in total. The number of carbonyl (C=O) groups is 1. The van der Waals surface area contributed by atoms with Gasteiger partial charge in [0.05, 0.1) is 12.7 Å². The summed E-state index contributed by atoms with van der Waals surface area (Å²) in [6, 6.07) is 1.62. The lowest BCUT2D eigenvalue weighted by Crippen LogP contribution is -2.31. The van der Waals surface area contributed by atoms with Crippen molar-refractivity contribution in [3.05, 3.63) is 11.8 Å². The third kappa shape index (κ3) is 1.76. The summed E-state index contributed by atoms with van der Waals surface area (Å²) >= 11 is 0. The van der Waals surface area contributed by atoms with Gasteiger partial charge >= 0.3 is 5.97 Å². The van der Waals surface area contributed by atoms with E-state index in [0.717, 1.165) is 0 Å². The Morgan fingerprint density at radius 1 is 2.00 bits per heavy atom. The van der Waals surface area contributed by atoms with Crippen molar-refractivity contribution in [2.75, 3.05) is 6.61 Å². The molecule has 0 saturated heterocycles. The molecule has 0 fully saturated rings. The molecule has 1 rings (SSSR count). The number of nitriles is 1. The van der Waals surface area contributed by atoms with E-state index in [4.69, 9.17) is 10.00 Å². The molecule has 64 valence electrons. The van der Waals surface area contributed by atoms with Crippen LogP contribution in [0.1, 0.15) is 13.3 Å². The lowest BCUT2D eigenvalue weighted by molar-refractivity contribution is -0.145. The summed E-state index contributed by atoms with van der Waals surface area (Å²) in [6.07, 6.45) is 2.00. The van der Waals surface area contributed by atoms with Gasteiger partial charge in [0.1, 0.15) is 6.04 Å².